The van der Waals surface area contributed by atoms with E-state index in [-0.39, 0.29) is 9.79 Å². The zero-order chi connectivity index (χ0) is 17.2. The second-order valence-electron chi connectivity index (χ2n) is 5.50. The van der Waals surface area contributed by atoms with Crippen LogP contribution >= 0.6 is 11.8 Å². The van der Waals surface area contributed by atoms with Gasteiger partial charge in [0, 0.05) is 12.0 Å². The van der Waals surface area contributed by atoms with Crippen LogP contribution in [-0.4, -0.2) is 41.0 Å². The minimum atomic E-state index is -4.12. The highest BCUT2D eigenvalue weighted by molar-refractivity contribution is 7.98. The molecular weight excluding hydrogens is 346 g/mol. The molecule has 0 unspecified atom stereocenters. The molecule has 0 bridgehead atoms. The number of hydrogen-bond acceptors (Lipinski definition) is 6. The molecule has 22 heavy (non-hydrogen) atoms. The summed E-state index contributed by atoms with van der Waals surface area (Å²) in [5, 5.41) is 0. The van der Waals surface area contributed by atoms with Gasteiger partial charge in [0.05, 0.1) is 15.2 Å². The highest BCUT2D eigenvalue weighted by Crippen LogP contribution is 2.22. The Labute approximate surface area is 135 Å². The molecule has 1 amide bonds. The molecule has 1 N–H and O–H groups in total. The number of sulfone groups is 1. The minimum Gasteiger partial charge on any atom is -0.273 e. The molecule has 1 aromatic rings. The van der Waals surface area contributed by atoms with Crippen molar-refractivity contribution in [3.05, 3.63) is 24.3 Å². The number of thioether (sulfide) groups is 1. The van der Waals surface area contributed by atoms with Crippen LogP contribution in [0.2, 0.25) is 0 Å². The third kappa shape index (κ3) is 4.72. The van der Waals surface area contributed by atoms with E-state index in [1.54, 1.807) is 13.8 Å². The van der Waals surface area contributed by atoms with Gasteiger partial charge >= 0.3 is 0 Å². The normalized spacial score (nSPS) is 12.9. The fraction of sp³-hybridized carbons (Fsp3) is 0.462. The molecule has 0 heterocycles. The molecule has 0 saturated carbocycles. The molecule has 9 heteroatoms. The lowest BCUT2D eigenvalue weighted by Crippen LogP contribution is -2.41. The summed E-state index contributed by atoms with van der Waals surface area (Å²) >= 11 is 1.43. The third-order valence-electron chi connectivity index (χ3n) is 2.89. The SMILES string of the molecule is CSCC(C)(C)C(=O)NS(=O)(=O)c1cccc(S(C)(=O)=O)c1. The Kier molecular flexibility index (Phi) is 5.69. The molecular formula is C13H19NO5S3. The van der Waals surface area contributed by atoms with Crippen molar-refractivity contribution in [2.75, 3.05) is 18.3 Å². The number of sulfonamides is 1. The smallest absolute Gasteiger partial charge is 0.264 e. The Morgan fingerprint density at radius 3 is 2.23 bits per heavy atom. The number of rotatable bonds is 6. The van der Waals surface area contributed by atoms with Crippen LogP contribution in [0.25, 0.3) is 0 Å². The van der Waals surface area contributed by atoms with E-state index in [1.165, 1.54) is 30.0 Å². The van der Waals surface area contributed by atoms with Crippen molar-refractivity contribution in [3.8, 4) is 0 Å². The van der Waals surface area contributed by atoms with E-state index < -0.39 is 31.2 Å². The quantitative estimate of drug-likeness (QED) is 0.816. The van der Waals surface area contributed by atoms with E-state index >= 15 is 0 Å². The van der Waals surface area contributed by atoms with Gasteiger partial charge in [0.25, 0.3) is 10.0 Å². The highest BCUT2D eigenvalue weighted by Gasteiger charge is 2.31. The van der Waals surface area contributed by atoms with Crippen molar-refractivity contribution < 1.29 is 21.6 Å². The van der Waals surface area contributed by atoms with Crippen molar-refractivity contribution in [1.82, 2.24) is 4.72 Å². The monoisotopic (exact) mass is 365 g/mol. The summed E-state index contributed by atoms with van der Waals surface area (Å²) in [6.07, 6.45) is 2.80. The number of carbonyl (C=O) groups is 1. The fourth-order valence-electron chi connectivity index (χ4n) is 1.62. The average Bonchev–Trinajstić information content (AvgIpc) is 2.37. The topological polar surface area (TPSA) is 97.4 Å². The van der Waals surface area contributed by atoms with Gasteiger partial charge in [0.15, 0.2) is 9.84 Å². The van der Waals surface area contributed by atoms with E-state index in [1.807, 2.05) is 11.0 Å². The van der Waals surface area contributed by atoms with Crippen LogP contribution in [-0.2, 0) is 24.7 Å². The van der Waals surface area contributed by atoms with Crippen molar-refractivity contribution in [3.63, 3.8) is 0 Å². The summed E-state index contributed by atoms with van der Waals surface area (Å²) in [5.74, 6) is -0.177. The predicted octanol–water partition coefficient (Wildman–Crippen LogP) is 1.28. The molecule has 0 spiro atoms. The summed E-state index contributed by atoms with van der Waals surface area (Å²) in [4.78, 5) is 11.7. The Morgan fingerprint density at radius 2 is 1.73 bits per heavy atom. The van der Waals surface area contributed by atoms with Gasteiger partial charge < -0.3 is 0 Å². The Bertz CT molecular complexity index is 767. The first-order chi connectivity index (χ1) is 9.90. The molecule has 0 aliphatic rings. The van der Waals surface area contributed by atoms with Gasteiger partial charge in [-0.15, -0.1) is 0 Å². The molecule has 0 atom stereocenters. The van der Waals surface area contributed by atoms with E-state index in [0.29, 0.717) is 5.75 Å². The summed E-state index contributed by atoms with van der Waals surface area (Å²) in [5.41, 5.74) is -0.860. The number of amides is 1. The molecule has 6 nitrogen and oxygen atoms in total. The van der Waals surface area contributed by atoms with Gasteiger partial charge in [-0.1, -0.05) is 19.9 Å². The van der Waals surface area contributed by atoms with E-state index in [2.05, 4.69) is 0 Å². The third-order valence-corrected chi connectivity index (χ3v) is 6.34. The standard InChI is InChI=1S/C13H19NO5S3/c1-13(2,9-20-3)12(15)14-22(18,19)11-7-5-6-10(8-11)21(4,16)17/h5-8H,9H2,1-4H3,(H,14,15). The summed E-state index contributed by atoms with van der Waals surface area (Å²) in [7, 11) is -7.65. The maximum atomic E-state index is 12.2. The minimum absolute atomic E-state index is 0.119. The lowest BCUT2D eigenvalue weighted by molar-refractivity contribution is -0.126. The van der Waals surface area contributed by atoms with Crippen LogP contribution < -0.4 is 4.72 Å². The second kappa shape index (κ2) is 6.59. The van der Waals surface area contributed by atoms with Gasteiger partial charge in [-0.05, 0) is 24.5 Å². The van der Waals surface area contributed by atoms with Gasteiger partial charge in [-0.25, -0.2) is 21.6 Å². The van der Waals surface area contributed by atoms with Crippen molar-refractivity contribution in [2.45, 2.75) is 23.6 Å². The fourth-order valence-corrected chi connectivity index (χ4v) is 4.39. The molecule has 0 radical (unpaired) electrons. The van der Waals surface area contributed by atoms with E-state index in [9.17, 15) is 21.6 Å². The van der Waals surface area contributed by atoms with Crippen LogP contribution in [0, 0.1) is 5.41 Å². The average molecular weight is 365 g/mol. The first kappa shape index (κ1) is 19.0. The Hall–Kier alpha value is -1.06. The van der Waals surface area contributed by atoms with E-state index in [4.69, 9.17) is 0 Å². The lowest BCUT2D eigenvalue weighted by Gasteiger charge is -2.22. The van der Waals surface area contributed by atoms with Gasteiger partial charge in [0.2, 0.25) is 5.91 Å². The highest BCUT2D eigenvalue weighted by atomic mass is 32.2. The van der Waals surface area contributed by atoms with Crippen LogP contribution in [0.1, 0.15) is 13.8 Å². The van der Waals surface area contributed by atoms with Crippen molar-refractivity contribution >= 4 is 37.5 Å². The Balaban J connectivity index is 3.14. The maximum absolute atomic E-state index is 12.2. The first-order valence-corrected chi connectivity index (χ1v) is 11.0. The molecule has 0 aromatic heterocycles. The Morgan fingerprint density at radius 1 is 1.18 bits per heavy atom. The summed E-state index contributed by atoms with van der Waals surface area (Å²) < 4.78 is 49.5. The van der Waals surface area contributed by atoms with E-state index in [0.717, 1.165) is 12.3 Å². The predicted molar refractivity (Wildman–Crippen MR) is 87.0 cm³/mol. The van der Waals surface area contributed by atoms with Crippen LogP contribution in [0.4, 0.5) is 0 Å². The number of carbonyl (C=O) groups excluding carboxylic acids is 1. The van der Waals surface area contributed by atoms with Gasteiger partial charge in [0.1, 0.15) is 0 Å². The molecule has 124 valence electrons. The zero-order valence-corrected chi connectivity index (χ0v) is 15.2. The molecule has 0 aliphatic heterocycles. The molecule has 1 rings (SSSR count). The zero-order valence-electron chi connectivity index (χ0n) is 12.8. The second-order valence-corrected chi connectivity index (χ2v) is 10.1. The van der Waals surface area contributed by atoms with Crippen LogP contribution in [0.15, 0.2) is 34.1 Å². The van der Waals surface area contributed by atoms with Crippen LogP contribution in [0.3, 0.4) is 0 Å². The van der Waals surface area contributed by atoms with Gasteiger partial charge in [-0.2, -0.15) is 11.8 Å². The van der Waals surface area contributed by atoms with Crippen molar-refractivity contribution in [1.29, 1.82) is 0 Å². The molecule has 0 aliphatic carbocycles. The lowest BCUT2D eigenvalue weighted by atomic mass is 9.96. The largest absolute Gasteiger partial charge is 0.273 e. The summed E-state index contributed by atoms with van der Waals surface area (Å²) in [6.45, 7) is 3.28. The van der Waals surface area contributed by atoms with Crippen LogP contribution in [0.5, 0.6) is 0 Å². The maximum Gasteiger partial charge on any atom is 0.264 e. The number of benzene rings is 1. The molecule has 0 fully saturated rings. The number of hydrogen-bond donors (Lipinski definition) is 1. The van der Waals surface area contributed by atoms with Gasteiger partial charge in [-0.3, -0.25) is 4.79 Å². The molecule has 1 aromatic carbocycles. The summed E-state index contributed by atoms with van der Waals surface area (Å²) in [6, 6.07) is 4.90. The number of nitrogens with one attached hydrogen (secondary N) is 1. The van der Waals surface area contributed by atoms with Crippen molar-refractivity contribution in [2.24, 2.45) is 5.41 Å². The first-order valence-electron chi connectivity index (χ1n) is 6.26. The molecule has 0 saturated heterocycles.